The average molecular weight is 236 g/mol. The molecule has 0 heterocycles. The van der Waals surface area contributed by atoms with Crippen LogP contribution >= 0.6 is 0 Å². The van der Waals surface area contributed by atoms with Crippen LogP contribution in [0, 0.1) is 0 Å². The Balaban J connectivity index is 2.44. The normalized spacial score (nSPS) is 17.9. The van der Waals surface area contributed by atoms with Crippen LogP contribution in [0.3, 0.4) is 0 Å². The molecule has 0 amide bonds. The van der Waals surface area contributed by atoms with Gasteiger partial charge in [0.05, 0.1) is 12.5 Å². The van der Waals surface area contributed by atoms with Gasteiger partial charge in [0.1, 0.15) is 0 Å². The number of aromatic hydroxyl groups is 1. The maximum absolute atomic E-state index is 11.5. The molecule has 4 heteroatoms. The number of phenols is 1. The lowest BCUT2D eigenvalue weighted by molar-refractivity contribution is -0.143. The molecule has 0 radical (unpaired) electrons. The summed E-state index contributed by atoms with van der Waals surface area (Å²) in [6, 6.07) is 4.87. The lowest BCUT2D eigenvalue weighted by Gasteiger charge is -2.24. The van der Waals surface area contributed by atoms with Gasteiger partial charge in [0, 0.05) is 0 Å². The molecular formula is C13H16O4. The second kappa shape index (κ2) is 4.28. The van der Waals surface area contributed by atoms with Crippen LogP contribution < -0.4 is 4.74 Å². The summed E-state index contributed by atoms with van der Waals surface area (Å²) in [6.45, 7) is 0. The smallest absolute Gasteiger partial charge is 0.314 e. The Labute approximate surface area is 99.8 Å². The van der Waals surface area contributed by atoms with Gasteiger partial charge in [0.25, 0.3) is 0 Å². The predicted molar refractivity (Wildman–Crippen MR) is 62.4 cm³/mol. The Morgan fingerprint density at radius 3 is 2.47 bits per heavy atom. The zero-order valence-corrected chi connectivity index (χ0v) is 9.77. The Hall–Kier alpha value is -1.71. The summed E-state index contributed by atoms with van der Waals surface area (Å²) in [5.41, 5.74) is -0.162. The van der Waals surface area contributed by atoms with Crippen LogP contribution in [0.4, 0.5) is 0 Å². The topological polar surface area (TPSA) is 66.8 Å². The summed E-state index contributed by atoms with van der Waals surface area (Å²) in [4.78, 5) is 11.5. The number of ether oxygens (including phenoxy) is 1. The predicted octanol–water partition coefficient (Wildman–Crippen LogP) is 2.30. The van der Waals surface area contributed by atoms with Gasteiger partial charge in [-0.2, -0.15) is 0 Å². The van der Waals surface area contributed by atoms with Gasteiger partial charge in [-0.1, -0.05) is 18.9 Å². The lowest BCUT2D eigenvalue weighted by Crippen LogP contribution is -2.32. The van der Waals surface area contributed by atoms with Gasteiger partial charge >= 0.3 is 5.97 Å². The van der Waals surface area contributed by atoms with Crippen LogP contribution in [0.1, 0.15) is 31.2 Å². The fourth-order valence-electron chi connectivity index (χ4n) is 2.59. The molecule has 0 aliphatic heterocycles. The van der Waals surface area contributed by atoms with Crippen LogP contribution in [0.2, 0.25) is 0 Å². The average Bonchev–Trinajstić information content (AvgIpc) is 2.79. The maximum Gasteiger partial charge on any atom is 0.314 e. The van der Waals surface area contributed by atoms with Crippen LogP contribution in [-0.2, 0) is 10.2 Å². The second-order valence-corrected chi connectivity index (χ2v) is 4.48. The van der Waals surface area contributed by atoms with Gasteiger partial charge in [-0.3, -0.25) is 4.79 Å². The molecular weight excluding hydrogens is 220 g/mol. The third kappa shape index (κ3) is 1.84. The summed E-state index contributed by atoms with van der Waals surface area (Å²) in [5, 5.41) is 19.2. The summed E-state index contributed by atoms with van der Waals surface area (Å²) in [5.74, 6) is -0.440. The number of carboxylic acids is 1. The van der Waals surface area contributed by atoms with E-state index in [2.05, 4.69) is 0 Å². The first-order valence-corrected chi connectivity index (χ1v) is 5.71. The minimum absolute atomic E-state index is 0.00229. The van der Waals surface area contributed by atoms with Crippen LogP contribution in [0.5, 0.6) is 11.5 Å². The summed E-state index contributed by atoms with van der Waals surface area (Å²) < 4.78 is 4.96. The number of carboxylic acid groups (broad SMARTS) is 1. The van der Waals surface area contributed by atoms with Crippen LogP contribution in [0.15, 0.2) is 18.2 Å². The minimum Gasteiger partial charge on any atom is -0.504 e. The third-order valence-electron chi connectivity index (χ3n) is 3.60. The zero-order valence-electron chi connectivity index (χ0n) is 9.77. The number of methoxy groups -OCH3 is 1. The molecule has 0 unspecified atom stereocenters. The first kappa shape index (κ1) is 11.8. The molecule has 1 aliphatic rings. The van der Waals surface area contributed by atoms with E-state index >= 15 is 0 Å². The molecule has 2 rings (SSSR count). The lowest BCUT2D eigenvalue weighted by atomic mass is 9.79. The van der Waals surface area contributed by atoms with Crippen LogP contribution in [-0.4, -0.2) is 23.3 Å². The van der Waals surface area contributed by atoms with Gasteiger partial charge in [-0.05, 0) is 30.5 Å². The highest BCUT2D eigenvalue weighted by Crippen LogP contribution is 2.43. The van der Waals surface area contributed by atoms with Crippen molar-refractivity contribution in [2.75, 3.05) is 7.11 Å². The van der Waals surface area contributed by atoms with Crippen molar-refractivity contribution >= 4 is 5.97 Å². The third-order valence-corrected chi connectivity index (χ3v) is 3.60. The highest BCUT2D eigenvalue weighted by atomic mass is 16.5. The van der Waals surface area contributed by atoms with Crippen molar-refractivity contribution in [3.63, 3.8) is 0 Å². The molecule has 92 valence electrons. The second-order valence-electron chi connectivity index (χ2n) is 4.48. The molecule has 17 heavy (non-hydrogen) atoms. The Kier molecular flexibility index (Phi) is 2.96. The molecule has 0 saturated heterocycles. The van der Waals surface area contributed by atoms with E-state index in [-0.39, 0.29) is 5.75 Å². The zero-order chi connectivity index (χ0) is 12.5. The van der Waals surface area contributed by atoms with Gasteiger partial charge < -0.3 is 14.9 Å². The first-order chi connectivity index (χ1) is 8.10. The van der Waals surface area contributed by atoms with Gasteiger partial charge in [0.15, 0.2) is 11.5 Å². The molecule has 0 spiro atoms. The quantitative estimate of drug-likeness (QED) is 0.845. The molecule has 0 aromatic heterocycles. The van der Waals surface area contributed by atoms with E-state index in [0.29, 0.717) is 24.2 Å². The number of benzene rings is 1. The Morgan fingerprint density at radius 2 is 2.00 bits per heavy atom. The molecule has 1 aromatic carbocycles. The van der Waals surface area contributed by atoms with E-state index in [0.717, 1.165) is 12.8 Å². The Morgan fingerprint density at radius 1 is 1.35 bits per heavy atom. The Bertz CT molecular complexity index is 433. The van der Waals surface area contributed by atoms with Crippen molar-refractivity contribution in [2.45, 2.75) is 31.1 Å². The van der Waals surface area contributed by atoms with Crippen molar-refractivity contribution in [1.82, 2.24) is 0 Å². The fourth-order valence-corrected chi connectivity index (χ4v) is 2.59. The molecule has 1 fully saturated rings. The molecule has 1 aliphatic carbocycles. The number of hydrogen-bond acceptors (Lipinski definition) is 3. The fraction of sp³-hybridized carbons (Fsp3) is 0.462. The van der Waals surface area contributed by atoms with E-state index in [1.807, 2.05) is 0 Å². The summed E-state index contributed by atoms with van der Waals surface area (Å²) in [6.07, 6.45) is 3.10. The van der Waals surface area contributed by atoms with E-state index in [1.54, 1.807) is 12.1 Å². The van der Waals surface area contributed by atoms with Crippen molar-refractivity contribution in [3.05, 3.63) is 23.8 Å². The molecule has 0 bridgehead atoms. The monoisotopic (exact) mass is 236 g/mol. The maximum atomic E-state index is 11.5. The molecule has 4 nitrogen and oxygen atoms in total. The van der Waals surface area contributed by atoms with Gasteiger partial charge in [-0.25, -0.2) is 0 Å². The molecule has 1 aromatic rings. The van der Waals surface area contributed by atoms with Crippen molar-refractivity contribution in [2.24, 2.45) is 0 Å². The van der Waals surface area contributed by atoms with Crippen molar-refractivity contribution in [3.8, 4) is 11.5 Å². The van der Waals surface area contributed by atoms with Crippen molar-refractivity contribution in [1.29, 1.82) is 0 Å². The summed E-state index contributed by atoms with van der Waals surface area (Å²) in [7, 11) is 1.47. The van der Waals surface area contributed by atoms with Gasteiger partial charge in [0.2, 0.25) is 0 Å². The molecule has 2 N–H and O–H groups in total. The number of aliphatic carboxylic acids is 1. The molecule has 1 saturated carbocycles. The number of hydrogen-bond donors (Lipinski definition) is 2. The largest absolute Gasteiger partial charge is 0.504 e. The standard InChI is InChI=1S/C13H16O4/c1-17-11-5-4-9(8-10(11)14)13(12(15)16)6-2-3-7-13/h4-5,8,14H,2-3,6-7H2,1H3,(H,15,16). The number of carbonyl (C=O) groups is 1. The van der Waals surface area contributed by atoms with Crippen molar-refractivity contribution < 1.29 is 19.7 Å². The van der Waals surface area contributed by atoms with E-state index in [9.17, 15) is 15.0 Å². The first-order valence-electron chi connectivity index (χ1n) is 5.71. The van der Waals surface area contributed by atoms with E-state index in [1.165, 1.54) is 13.2 Å². The van der Waals surface area contributed by atoms with E-state index < -0.39 is 11.4 Å². The van der Waals surface area contributed by atoms with Crippen LogP contribution in [0.25, 0.3) is 0 Å². The highest BCUT2D eigenvalue weighted by molar-refractivity contribution is 5.82. The molecule has 0 atom stereocenters. The minimum atomic E-state index is -0.830. The number of rotatable bonds is 3. The number of phenolic OH excluding ortho intramolecular Hbond substituents is 1. The van der Waals surface area contributed by atoms with Gasteiger partial charge in [-0.15, -0.1) is 0 Å². The highest BCUT2D eigenvalue weighted by Gasteiger charge is 2.43. The summed E-state index contributed by atoms with van der Waals surface area (Å²) >= 11 is 0. The SMILES string of the molecule is COc1ccc(C2(C(=O)O)CCCC2)cc1O. The van der Waals surface area contributed by atoms with E-state index in [4.69, 9.17) is 4.74 Å².